The Hall–Kier alpha value is -1.13. The van der Waals surface area contributed by atoms with Crippen LogP contribution in [0.4, 0.5) is 16.2 Å². The van der Waals surface area contributed by atoms with Crippen molar-refractivity contribution in [2.75, 3.05) is 11.1 Å². The molecule has 0 aromatic heterocycles. The quantitative estimate of drug-likeness (QED) is 0.764. The van der Waals surface area contributed by atoms with Crippen LogP contribution < -0.4 is 11.1 Å². The van der Waals surface area contributed by atoms with Gasteiger partial charge in [0.2, 0.25) is 0 Å². The van der Waals surface area contributed by atoms with Crippen molar-refractivity contribution < 1.29 is 9.53 Å². The smallest absolute Gasteiger partial charge is 0.412 e. The molecule has 0 aliphatic heterocycles. The summed E-state index contributed by atoms with van der Waals surface area (Å²) in [6.45, 7) is 5.28. The zero-order chi connectivity index (χ0) is 13.2. The van der Waals surface area contributed by atoms with Gasteiger partial charge in [0.25, 0.3) is 0 Å². The van der Waals surface area contributed by atoms with Crippen LogP contribution in [0.3, 0.4) is 0 Å². The molecule has 0 radical (unpaired) electrons. The first-order chi connectivity index (χ1) is 7.70. The van der Waals surface area contributed by atoms with Crippen LogP contribution in [0.25, 0.3) is 0 Å². The molecule has 1 rings (SSSR count). The molecular formula is C11H14Cl2N2O2. The third-order valence-corrected chi connectivity index (χ3v) is 2.41. The summed E-state index contributed by atoms with van der Waals surface area (Å²) < 4.78 is 5.08. The molecule has 0 unspecified atom stereocenters. The standard InChI is InChI=1S/C11H14Cl2N2O2/c1-11(2,3)17-10(16)15-9-7(13)5-4-6(12)8(9)14/h4-5H,14H2,1-3H3,(H,15,16). The van der Waals surface area contributed by atoms with Crippen molar-refractivity contribution in [2.24, 2.45) is 0 Å². The molecule has 94 valence electrons. The first-order valence-corrected chi connectivity index (χ1v) is 5.70. The molecular weight excluding hydrogens is 263 g/mol. The van der Waals surface area contributed by atoms with Gasteiger partial charge in [0.05, 0.1) is 21.4 Å². The molecule has 0 spiro atoms. The minimum Gasteiger partial charge on any atom is -0.444 e. The number of carbonyl (C=O) groups excluding carboxylic acids is 1. The average molecular weight is 277 g/mol. The van der Waals surface area contributed by atoms with Crippen molar-refractivity contribution in [2.45, 2.75) is 26.4 Å². The Morgan fingerprint density at radius 2 is 1.82 bits per heavy atom. The number of carbonyl (C=O) groups is 1. The lowest BCUT2D eigenvalue weighted by Gasteiger charge is -2.20. The molecule has 3 N–H and O–H groups in total. The van der Waals surface area contributed by atoms with Crippen molar-refractivity contribution in [1.82, 2.24) is 0 Å². The lowest BCUT2D eigenvalue weighted by atomic mass is 10.2. The fourth-order valence-electron chi connectivity index (χ4n) is 1.10. The molecule has 1 aromatic carbocycles. The zero-order valence-electron chi connectivity index (χ0n) is 9.80. The maximum atomic E-state index is 11.6. The van der Waals surface area contributed by atoms with Gasteiger partial charge in [-0.2, -0.15) is 0 Å². The predicted octanol–water partition coefficient (Wildman–Crippen LogP) is 3.92. The Kier molecular flexibility index (Phi) is 4.11. The van der Waals surface area contributed by atoms with Gasteiger partial charge in [0.1, 0.15) is 5.60 Å². The largest absolute Gasteiger partial charge is 0.444 e. The molecule has 0 fully saturated rings. The summed E-state index contributed by atoms with van der Waals surface area (Å²) in [7, 11) is 0. The normalized spacial score (nSPS) is 11.1. The van der Waals surface area contributed by atoms with Crippen LogP contribution in [0.5, 0.6) is 0 Å². The molecule has 0 aliphatic rings. The number of nitrogen functional groups attached to an aromatic ring is 1. The Balaban J connectivity index is 2.89. The Morgan fingerprint density at radius 3 is 2.35 bits per heavy atom. The van der Waals surface area contributed by atoms with Gasteiger partial charge in [0.15, 0.2) is 0 Å². The van der Waals surface area contributed by atoms with Gasteiger partial charge in [-0.1, -0.05) is 23.2 Å². The highest BCUT2D eigenvalue weighted by Gasteiger charge is 2.18. The highest BCUT2D eigenvalue weighted by molar-refractivity contribution is 6.38. The molecule has 6 heteroatoms. The fraction of sp³-hybridized carbons (Fsp3) is 0.364. The topological polar surface area (TPSA) is 64.3 Å². The number of ether oxygens (including phenoxy) is 1. The van der Waals surface area contributed by atoms with Crippen molar-refractivity contribution >= 4 is 40.7 Å². The number of hydrogen-bond acceptors (Lipinski definition) is 3. The summed E-state index contributed by atoms with van der Waals surface area (Å²) in [6, 6.07) is 3.10. The number of nitrogens with one attached hydrogen (secondary N) is 1. The van der Waals surface area contributed by atoms with E-state index in [-0.39, 0.29) is 11.4 Å². The number of nitrogens with two attached hydrogens (primary N) is 1. The second-order valence-corrected chi connectivity index (χ2v) is 5.26. The first-order valence-electron chi connectivity index (χ1n) is 4.94. The predicted molar refractivity (Wildman–Crippen MR) is 70.7 cm³/mol. The highest BCUT2D eigenvalue weighted by atomic mass is 35.5. The number of benzene rings is 1. The summed E-state index contributed by atoms with van der Waals surface area (Å²) in [4.78, 5) is 11.6. The fourth-order valence-corrected chi connectivity index (χ4v) is 1.47. The third kappa shape index (κ3) is 3.98. The second kappa shape index (κ2) is 5.02. The van der Waals surface area contributed by atoms with Crippen molar-refractivity contribution in [1.29, 1.82) is 0 Å². The van der Waals surface area contributed by atoms with Gasteiger partial charge >= 0.3 is 6.09 Å². The van der Waals surface area contributed by atoms with E-state index in [1.165, 1.54) is 0 Å². The summed E-state index contributed by atoms with van der Waals surface area (Å²) in [6.07, 6.45) is -0.631. The van der Waals surface area contributed by atoms with Crippen LogP contribution >= 0.6 is 23.2 Å². The molecule has 1 aromatic rings. The van der Waals surface area contributed by atoms with Crippen LogP contribution in [0.2, 0.25) is 10.0 Å². The van der Waals surface area contributed by atoms with Crippen LogP contribution in [0.15, 0.2) is 12.1 Å². The lowest BCUT2D eigenvalue weighted by molar-refractivity contribution is 0.0636. The SMILES string of the molecule is CC(C)(C)OC(=O)Nc1c(Cl)ccc(Cl)c1N. The molecule has 0 bridgehead atoms. The van der Waals surface area contributed by atoms with Crippen LogP contribution in [0, 0.1) is 0 Å². The second-order valence-electron chi connectivity index (χ2n) is 4.44. The van der Waals surface area contributed by atoms with E-state index >= 15 is 0 Å². The number of halogens is 2. The zero-order valence-corrected chi connectivity index (χ0v) is 11.3. The van der Waals surface area contributed by atoms with E-state index in [2.05, 4.69) is 5.32 Å². The molecule has 0 heterocycles. The van der Waals surface area contributed by atoms with E-state index in [1.807, 2.05) is 0 Å². The maximum Gasteiger partial charge on any atom is 0.412 e. The Bertz CT molecular complexity index is 442. The average Bonchev–Trinajstić information content (AvgIpc) is 2.16. The molecule has 0 saturated heterocycles. The van der Waals surface area contributed by atoms with E-state index in [4.69, 9.17) is 33.7 Å². The van der Waals surface area contributed by atoms with E-state index in [0.29, 0.717) is 10.0 Å². The van der Waals surface area contributed by atoms with Gasteiger partial charge in [-0.25, -0.2) is 4.79 Å². The van der Waals surface area contributed by atoms with Gasteiger partial charge in [0, 0.05) is 0 Å². The molecule has 4 nitrogen and oxygen atoms in total. The van der Waals surface area contributed by atoms with Crippen LogP contribution in [-0.4, -0.2) is 11.7 Å². The van der Waals surface area contributed by atoms with Crippen LogP contribution in [0.1, 0.15) is 20.8 Å². The van der Waals surface area contributed by atoms with Gasteiger partial charge in [-0.15, -0.1) is 0 Å². The number of hydrogen-bond donors (Lipinski definition) is 2. The van der Waals surface area contributed by atoms with E-state index < -0.39 is 11.7 Å². The van der Waals surface area contributed by atoms with Crippen LogP contribution in [-0.2, 0) is 4.74 Å². The van der Waals surface area contributed by atoms with Gasteiger partial charge < -0.3 is 10.5 Å². The van der Waals surface area contributed by atoms with Gasteiger partial charge in [-0.05, 0) is 32.9 Å². The minimum atomic E-state index is -0.631. The summed E-state index contributed by atoms with van der Waals surface area (Å²) in [5.41, 5.74) is 5.59. The van der Waals surface area contributed by atoms with E-state index in [1.54, 1.807) is 32.9 Å². The summed E-state index contributed by atoms with van der Waals surface area (Å²) >= 11 is 11.7. The third-order valence-electron chi connectivity index (χ3n) is 1.77. The van der Waals surface area contributed by atoms with Crippen molar-refractivity contribution in [3.63, 3.8) is 0 Å². The van der Waals surface area contributed by atoms with Crippen molar-refractivity contribution in [3.05, 3.63) is 22.2 Å². The van der Waals surface area contributed by atoms with E-state index in [0.717, 1.165) is 0 Å². The molecule has 1 amide bonds. The monoisotopic (exact) mass is 276 g/mol. The Morgan fingerprint density at radius 1 is 1.29 bits per heavy atom. The highest BCUT2D eigenvalue weighted by Crippen LogP contribution is 2.34. The van der Waals surface area contributed by atoms with Crippen molar-refractivity contribution in [3.8, 4) is 0 Å². The van der Waals surface area contributed by atoms with Gasteiger partial charge in [-0.3, -0.25) is 5.32 Å². The Labute approximate surface area is 110 Å². The summed E-state index contributed by atoms with van der Waals surface area (Å²) in [5, 5.41) is 3.10. The molecule has 0 saturated carbocycles. The maximum absolute atomic E-state index is 11.6. The molecule has 0 aliphatic carbocycles. The number of amides is 1. The first kappa shape index (κ1) is 13.9. The minimum absolute atomic E-state index is 0.213. The number of anilines is 2. The number of rotatable bonds is 1. The van der Waals surface area contributed by atoms with E-state index in [9.17, 15) is 4.79 Å². The lowest BCUT2D eigenvalue weighted by Crippen LogP contribution is -2.27. The molecule has 0 atom stereocenters. The molecule has 17 heavy (non-hydrogen) atoms. The summed E-state index contributed by atoms with van der Waals surface area (Å²) in [5.74, 6) is 0.